The molecule has 0 radical (unpaired) electrons. The van der Waals surface area contributed by atoms with Crippen molar-refractivity contribution in [3.05, 3.63) is 53.3 Å². The van der Waals surface area contributed by atoms with E-state index >= 15 is 0 Å². The minimum Gasteiger partial charge on any atom is -0.508 e. The highest BCUT2D eigenvalue weighted by Gasteiger charge is 2.23. The summed E-state index contributed by atoms with van der Waals surface area (Å²) in [7, 11) is 3.49. The molecular formula is C18H18N2O3. The van der Waals surface area contributed by atoms with E-state index in [2.05, 4.69) is 4.98 Å². The number of aromatic nitrogens is 2. The Kier molecular flexibility index (Phi) is 3.78. The van der Waals surface area contributed by atoms with Crippen molar-refractivity contribution in [3.63, 3.8) is 0 Å². The number of pyridine rings is 1. The molecule has 2 aromatic heterocycles. The highest BCUT2D eigenvalue weighted by Crippen LogP contribution is 2.32. The summed E-state index contributed by atoms with van der Waals surface area (Å²) in [6.45, 7) is 2.02. The van der Waals surface area contributed by atoms with E-state index in [1.54, 1.807) is 25.4 Å². The third kappa shape index (κ3) is 2.34. The normalized spacial score (nSPS) is 10.9. The lowest BCUT2D eigenvalue weighted by Gasteiger charge is -2.05. The lowest BCUT2D eigenvalue weighted by molar-refractivity contribution is 0.103. The van der Waals surface area contributed by atoms with Crippen LogP contribution in [0.5, 0.6) is 11.6 Å². The summed E-state index contributed by atoms with van der Waals surface area (Å²) in [5.74, 6) is 0.575. The number of hydrogen-bond donors (Lipinski definition) is 1. The SMILES string of the molecule is CCc1c(C(=O)c2ccc(O)cc2)c2ccnc(OC)c2n1C. The number of carbonyl (C=O) groups is 1. The minimum atomic E-state index is -0.0688. The van der Waals surface area contributed by atoms with E-state index < -0.39 is 0 Å². The molecule has 0 saturated carbocycles. The largest absolute Gasteiger partial charge is 0.508 e. The molecule has 118 valence electrons. The smallest absolute Gasteiger partial charge is 0.238 e. The molecule has 1 N–H and O–H groups in total. The fourth-order valence-electron chi connectivity index (χ4n) is 2.99. The Bertz CT molecular complexity index is 879. The molecule has 5 heteroatoms. The second-order valence-electron chi connectivity index (χ2n) is 5.33. The van der Waals surface area contributed by atoms with Gasteiger partial charge in [0.05, 0.1) is 12.7 Å². The Morgan fingerprint density at radius 1 is 1.26 bits per heavy atom. The number of fused-ring (bicyclic) bond motifs is 1. The molecule has 0 aliphatic carbocycles. The van der Waals surface area contributed by atoms with Gasteiger partial charge in [-0.25, -0.2) is 4.98 Å². The van der Waals surface area contributed by atoms with Crippen LogP contribution in [0.3, 0.4) is 0 Å². The van der Waals surface area contributed by atoms with Crippen LogP contribution in [0.4, 0.5) is 0 Å². The molecule has 0 unspecified atom stereocenters. The van der Waals surface area contributed by atoms with Crippen LogP contribution in [0, 0.1) is 0 Å². The van der Waals surface area contributed by atoms with Gasteiger partial charge in [-0.15, -0.1) is 0 Å². The predicted octanol–water partition coefficient (Wildman–Crippen LogP) is 3.08. The summed E-state index contributed by atoms with van der Waals surface area (Å²) in [5, 5.41) is 10.2. The maximum atomic E-state index is 13.0. The van der Waals surface area contributed by atoms with Crippen LogP contribution in [0.15, 0.2) is 36.5 Å². The molecule has 5 nitrogen and oxygen atoms in total. The summed E-state index contributed by atoms with van der Waals surface area (Å²) in [6.07, 6.45) is 2.36. The Morgan fingerprint density at radius 3 is 2.57 bits per heavy atom. The van der Waals surface area contributed by atoms with Gasteiger partial charge in [0.15, 0.2) is 5.78 Å². The highest BCUT2D eigenvalue weighted by molar-refractivity contribution is 6.18. The average molecular weight is 310 g/mol. The van der Waals surface area contributed by atoms with Gasteiger partial charge >= 0.3 is 0 Å². The third-order valence-corrected chi connectivity index (χ3v) is 4.07. The summed E-state index contributed by atoms with van der Waals surface area (Å²) in [5.41, 5.74) is 2.95. The molecule has 0 fully saturated rings. The van der Waals surface area contributed by atoms with Crippen molar-refractivity contribution in [3.8, 4) is 11.6 Å². The lowest BCUT2D eigenvalue weighted by Crippen LogP contribution is -2.05. The highest BCUT2D eigenvalue weighted by atomic mass is 16.5. The standard InChI is InChI=1S/C18H18N2O3/c1-4-14-15(17(22)11-5-7-12(21)8-6-11)13-9-10-19-18(23-3)16(13)20(14)2/h5-10,21H,4H2,1-3H3. The van der Waals surface area contributed by atoms with Gasteiger partial charge in [-0.05, 0) is 36.8 Å². The second-order valence-corrected chi connectivity index (χ2v) is 5.33. The lowest BCUT2D eigenvalue weighted by atomic mass is 9.99. The zero-order chi connectivity index (χ0) is 16.6. The number of rotatable bonds is 4. The number of carbonyl (C=O) groups excluding carboxylic acids is 1. The van der Waals surface area contributed by atoms with E-state index in [-0.39, 0.29) is 11.5 Å². The summed E-state index contributed by atoms with van der Waals surface area (Å²) in [6, 6.07) is 8.14. The number of ether oxygens (including phenoxy) is 1. The van der Waals surface area contributed by atoms with Gasteiger partial charge in [0, 0.05) is 29.9 Å². The van der Waals surface area contributed by atoms with E-state index in [0.717, 1.165) is 16.6 Å². The van der Waals surface area contributed by atoms with Crippen molar-refractivity contribution in [1.29, 1.82) is 0 Å². The Labute approximate surface area is 134 Å². The van der Waals surface area contributed by atoms with Crippen molar-refractivity contribution in [2.75, 3.05) is 7.11 Å². The van der Waals surface area contributed by atoms with E-state index in [4.69, 9.17) is 4.74 Å². The van der Waals surface area contributed by atoms with Crippen molar-refractivity contribution in [2.24, 2.45) is 7.05 Å². The molecule has 2 heterocycles. The van der Waals surface area contributed by atoms with Crippen LogP contribution in [0.2, 0.25) is 0 Å². The average Bonchev–Trinajstić information content (AvgIpc) is 2.87. The quantitative estimate of drug-likeness (QED) is 0.752. The van der Waals surface area contributed by atoms with Gasteiger partial charge in [0.2, 0.25) is 5.88 Å². The van der Waals surface area contributed by atoms with E-state index in [1.807, 2.05) is 24.6 Å². The number of ketones is 1. The molecule has 1 aromatic carbocycles. The molecule has 0 aliphatic heterocycles. The third-order valence-electron chi connectivity index (χ3n) is 4.07. The zero-order valence-electron chi connectivity index (χ0n) is 13.3. The molecule has 0 saturated heterocycles. The van der Waals surface area contributed by atoms with E-state index in [9.17, 15) is 9.90 Å². The summed E-state index contributed by atoms with van der Waals surface area (Å²) < 4.78 is 7.31. The van der Waals surface area contributed by atoms with Crippen molar-refractivity contribution < 1.29 is 14.6 Å². The monoisotopic (exact) mass is 310 g/mol. The predicted molar refractivity (Wildman–Crippen MR) is 88.2 cm³/mol. The number of hydrogen-bond acceptors (Lipinski definition) is 4. The zero-order valence-corrected chi connectivity index (χ0v) is 13.3. The van der Waals surface area contributed by atoms with E-state index in [0.29, 0.717) is 23.4 Å². The number of aromatic hydroxyl groups is 1. The van der Waals surface area contributed by atoms with Crippen LogP contribution < -0.4 is 4.74 Å². The first-order chi connectivity index (χ1) is 11.1. The first kappa shape index (κ1) is 15.1. The Balaban J connectivity index is 2.28. The molecule has 0 atom stereocenters. The van der Waals surface area contributed by atoms with E-state index in [1.165, 1.54) is 12.1 Å². The van der Waals surface area contributed by atoms with Crippen LogP contribution in [0.25, 0.3) is 10.9 Å². The molecule has 3 aromatic rings. The van der Waals surface area contributed by atoms with Gasteiger partial charge in [-0.3, -0.25) is 4.79 Å². The molecule has 23 heavy (non-hydrogen) atoms. The topological polar surface area (TPSA) is 64.3 Å². The van der Waals surface area contributed by atoms with Crippen LogP contribution in [-0.4, -0.2) is 27.6 Å². The number of benzene rings is 1. The fraction of sp³-hybridized carbons (Fsp3) is 0.222. The van der Waals surface area contributed by atoms with Gasteiger partial charge in [-0.2, -0.15) is 0 Å². The Morgan fingerprint density at radius 2 is 1.96 bits per heavy atom. The Hall–Kier alpha value is -2.82. The molecule has 0 aliphatic rings. The maximum Gasteiger partial charge on any atom is 0.238 e. The summed E-state index contributed by atoms with van der Waals surface area (Å²) >= 11 is 0. The second kappa shape index (κ2) is 5.76. The number of aryl methyl sites for hydroxylation is 1. The first-order valence-corrected chi connectivity index (χ1v) is 7.42. The van der Waals surface area contributed by atoms with Crippen LogP contribution in [-0.2, 0) is 13.5 Å². The van der Waals surface area contributed by atoms with Crippen molar-refractivity contribution in [2.45, 2.75) is 13.3 Å². The molecule has 0 spiro atoms. The number of phenolic OH excluding ortho intramolecular Hbond substituents is 1. The number of phenols is 1. The van der Waals surface area contributed by atoms with Gasteiger partial charge in [0.25, 0.3) is 0 Å². The molecule has 0 amide bonds. The van der Waals surface area contributed by atoms with Crippen LogP contribution in [0.1, 0.15) is 28.5 Å². The molecule has 3 rings (SSSR count). The summed E-state index contributed by atoms with van der Waals surface area (Å²) in [4.78, 5) is 17.2. The number of nitrogens with zero attached hydrogens (tertiary/aromatic N) is 2. The van der Waals surface area contributed by atoms with Gasteiger partial charge in [-0.1, -0.05) is 6.92 Å². The minimum absolute atomic E-state index is 0.0688. The van der Waals surface area contributed by atoms with Gasteiger partial charge in [0.1, 0.15) is 11.3 Å². The first-order valence-electron chi connectivity index (χ1n) is 7.42. The van der Waals surface area contributed by atoms with Crippen molar-refractivity contribution in [1.82, 2.24) is 9.55 Å². The fourth-order valence-corrected chi connectivity index (χ4v) is 2.99. The van der Waals surface area contributed by atoms with Crippen molar-refractivity contribution >= 4 is 16.7 Å². The van der Waals surface area contributed by atoms with Gasteiger partial charge < -0.3 is 14.4 Å². The number of methoxy groups -OCH3 is 1. The molecule has 0 bridgehead atoms. The maximum absolute atomic E-state index is 13.0. The molecular weight excluding hydrogens is 292 g/mol. The van der Waals surface area contributed by atoms with Crippen LogP contribution >= 0.6 is 0 Å².